The highest BCUT2D eigenvalue weighted by molar-refractivity contribution is 9.10. The third kappa shape index (κ3) is 4.40. The number of nitrogens with one attached hydrogen (secondary N) is 1. The monoisotopic (exact) mass is 413 g/mol. The molecule has 0 saturated heterocycles. The summed E-state index contributed by atoms with van der Waals surface area (Å²) in [5, 5.41) is 10.9. The molecule has 3 rings (SSSR count). The number of hydrogen-bond acceptors (Lipinski definition) is 6. The number of hydrogen-bond donors (Lipinski definition) is 1. The number of furan rings is 1. The minimum absolute atomic E-state index is 0.188. The highest BCUT2D eigenvalue weighted by atomic mass is 79.9. The quantitative estimate of drug-likeness (QED) is 0.489. The van der Waals surface area contributed by atoms with Gasteiger partial charge in [0.2, 0.25) is 5.13 Å². The Hall–Kier alpha value is -1.71. The first-order chi connectivity index (χ1) is 11.1. The van der Waals surface area contributed by atoms with E-state index in [1.807, 2.05) is 0 Å². The van der Waals surface area contributed by atoms with Crippen LogP contribution < -0.4 is 5.32 Å². The summed E-state index contributed by atoms with van der Waals surface area (Å²) in [6.07, 6.45) is 0. The Kier molecular flexibility index (Phi) is 5.09. The topological polar surface area (TPSA) is 68.0 Å². The lowest BCUT2D eigenvalue weighted by Crippen LogP contribution is -2.10. The largest absolute Gasteiger partial charge is 0.444 e. The molecular weight excluding hydrogens is 405 g/mol. The first-order valence-electron chi connectivity index (χ1n) is 6.37. The van der Waals surface area contributed by atoms with Gasteiger partial charge in [-0.25, -0.2) is 4.39 Å². The zero-order valence-electron chi connectivity index (χ0n) is 11.5. The van der Waals surface area contributed by atoms with E-state index in [0.29, 0.717) is 19.9 Å². The van der Waals surface area contributed by atoms with Crippen molar-refractivity contribution in [3.8, 4) is 0 Å². The molecular formula is C14H9BrFN3O2S2. The Balaban J connectivity index is 1.57. The maximum Gasteiger partial charge on any atom is 0.293 e. The van der Waals surface area contributed by atoms with E-state index in [4.69, 9.17) is 4.42 Å². The SMILES string of the molecule is O=C(Nc1nnc(SCc2ccc(F)cc2)s1)c1ccc(Br)o1. The summed E-state index contributed by atoms with van der Waals surface area (Å²) >= 11 is 5.87. The van der Waals surface area contributed by atoms with Crippen LogP contribution in [0.15, 0.2) is 49.8 Å². The number of benzene rings is 1. The molecule has 0 bridgehead atoms. The van der Waals surface area contributed by atoms with Crippen LogP contribution in [-0.2, 0) is 5.75 Å². The zero-order valence-corrected chi connectivity index (χ0v) is 14.7. The molecule has 1 amide bonds. The van der Waals surface area contributed by atoms with Crippen LogP contribution in [0.5, 0.6) is 0 Å². The van der Waals surface area contributed by atoms with Crippen LogP contribution in [0.25, 0.3) is 0 Å². The van der Waals surface area contributed by atoms with Gasteiger partial charge in [-0.15, -0.1) is 10.2 Å². The van der Waals surface area contributed by atoms with Gasteiger partial charge in [0.05, 0.1) is 0 Å². The van der Waals surface area contributed by atoms with Crippen molar-refractivity contribution in [1.29, 1.82) is 0 Å². The molecule has 0 atom stereocenters. The standard InChI is InChI=1S/C14H9BrFN3O2S2/c15-11-6-5-10(21-11)12(20)17-13-18-19-14(23-13)22-7-8-1-3-9(16)4-2-8/h1-6H,7H2,(H,17,18,20). The van der Waals surface area contributed by atoms with Crippen molar-refractivity contribution >= 4 is 50.1 Å². The van der Waals surface area contributed by atoms with E-state index >= 15 is 0 Å². The van der Waals surface area contributed by atoms with Crippen molar-refractivity contribution in [3.05, 3.63) is 58.2 Å². The van der Waals surface area contributed by atoms with Gasteiger partial charge >= 0.3 is 0 Å². The Bertz CT molecular complexity index is 820. The molecule has 0 aliphatic carbocycles. The summed E-state index contributed by atoms with van der Waals surface area (Å²) in [4.78, 5) is 11.9. The summed E-state index contributed by atoms with van der Waals surface area (Å²) in [6.45, 7) is 0. The average Bonchev–Trinajstić information content (AvgIpc) is 3.16. The minimum Gasteiger partial charge on any atom is -0.444 e. The van der Waals surface area contributed by atoms with Crippen LogP contribution in [0.1, 0.15) is 16.1 Å². The van der Waals surface area contributed by atoms with Crippen LogP contribution in [-0.4, -0.2) is 16.1 Å². The molecule has 23 heavy (non-hydrogen) atoms. The molecule has 0 saturated carbocycles. The van der Waals surface area contributed by atoms with Crippen LogP contribution in [0.3, 0.4) is 0 Å². The van der Waals surface area contributed by atoms with E-state index in [0.717, 1.165) is 5.56 Å². The van der Waals surface area contributed by atoms with Crippen molar-refractivity contribution in [2.75, 3.05) is 5.32 Å². The van der Waals surface area contributed by atoms with Gasteiger partial charge < -0.3 is 4.42 Å². The van der Waals surface area contributed by atoms with Gasteiger partial charge in [0.1, 0.15) is 5.82 Å². The fraction of sp³-hybridized carbons (Fsp3) is 0.0714. The average molecular weight is 414 g/mol. The predicted molar refractivity (Wildman–Crippen MR) is 90.2 cm³/mol. The number of nitrogens with zero attached hydrogens (tertiary/aromatic N) is 2. The van der Waals surface area contributed by atoms with Gasteiger partial charge in [-0.3, -0.25) is 10.1 Å². The van der Waals surface area contributed by atoms with Gasteiger partial charge in [0.25, 0.3) is 5.91 Å². The molecule has 1 N–H and O–H groups in total. The normalized spacial score (nSPS) is 10.7. The molecule has 2 aromatic heterocycles. The third-order valence-corrected chi connectivity index (χ3v) is 5.17. The van der Waals surface area contributed by atoms with Crippen molar-refractivity contribution in [2.45, 2.75) is 10.1 Å². The van der Waals surface area contributed by atoms with Crippen LogP contribution in [0.4, 0.5) is 9.52 Å². The Morgan fingerprint density at radius 2 is 2.04 bits per heavy atom. The fourth-order valence-corrected chi connectivity index (χ4v) is 3.65. The number of aromatic nitrogens is 2. The maximum atomic E-state index is 12.8. The molecule has 0 spiro atoms. The maximum absolute atomic E-state index is 12.8. The molecule has 1 aromatic carbocycles. The number of anilines is 1. The lowest BCUT2D eigenvalue weighted by atomic mass is 10.2. The molecule has 2 heterocycles. The second kappa shape index (κ2) is 7.24. The number of rotatable bonds is 5. The first-order valence-corrected chi connectivity index (χ1v) is 8.97. The van der Waals surface area contributed by atoms with Crippen molar-refractivity contribution in [1.82, 2.24) is 10.2 Å². The molecule has 0 unspecified atom stereocenters. The van der Waals surface area contributed by atoms with E-state index < -0.39 is 0 Å². The number of carbonyl (C=O) groups is 1. The second-order valence-corrected chi connectivity index (χ2v) is 7.33. The number of amides is 1. The fourth-order valence-electron chi connectivity index (χ4n) is 1.64. The second-order valence-electron chi connectivity index (χ2n) is 4.35. The lowest BCUT2D eigenvalue weighted by molar-refractivity contribution is 0.0995. The van der Waals surface area contributed by atoms with Crippen LogP contribution in [0.2, 0.25) is 0 Å². The summed E-state index contributed by atoms with van der Waals surface area (Å²) in [7, 11) is 0. The third-order valence-electron chi connectivity index (χ3n) is 2.70. The van der Waals surface area contributed by atoms with E-state index in [-0.39, 0.29) is 17.5 Å². The highest BCUT2D eigenvalue weighted by Gasteiger charge is 2.13. The van der Waals surface area contributed by atoms with E-state index in [1.54, 1.807) is 24.3 Å². The van der Waals surface area contributed by atoms with Gasteiger partial charge in [-0.2, -0.15) is 0 Å². The minimum atomic E-state index is -0.387. The number of thioether (sulfide) groups is 1. The molecule has 5 nitrogen and oxygen atoms in total. The van der Waals surface area contributed by atoms with E-state index in [2.05, 4.69) is 31.4 Å². The van der Waals surface area contributed by atoms with Crippen LogP contribution >= 0.6 is 39.0 Å². The zero-order chi connectivity index (χ0) is 16.2. The first kappa shape index (κ1) is 16.2. The Morgan fingerprint density at radius 1 is 1.26 bits per heavy atom. The van der Waals surface area contributed by atoms with Gasteiger partial charge in [-0.1, -0.05) is 35.2 Å². The lowest BCUT2D eigenvalue weighted by Gasteiger charge is -1.98. The molecule has 0 fully saturated rings. The molecule has 0 radical (unpaired) electrons. The molecule has 0 aliphatic heterocycles. The molecule has 0 aliphatic rings. The highest BCUT2D eigenvalue weighted by Crippen LogP contribution is 2.28. The Morgan fingerprint density at radius 3 is 2.74 bits per heavy atom. The van der Waals surface area contributed by atoms with Gasteiger partial charge in [-0.05, 0) is 45.8 Å². The summed E-state index contributed by atoms with van der Waals surface area (Å²) < 4.78 is 19.2. The van der Waals surface area contributed by atoms with Crippen LogP contribution in [0, 0.1) is 5.82 Å². The van der Waals surface area contributed by atoms with E-state index in [9.17, 15) is 9.18 Å². The molecule has 9 heteroatoms. The van der Waals surface area contributed by atoms with E-state index in [1.165, 1.54) is 35.2 Å². The summed E-state index contributed by atoms with van der Waals surface area (Å²) in [6, 6.07) is 9.48. The summed E-state index contributed by atoms with van der Waals surface area (Å²) in [5.41, 5.74) is 0.984. The predicted octanol–water partition coefficient (Wildman–Crippen LogP) is 4.58. The van der Waals surface area contributed by atoms with Gasteiger partial charge in [0.15, 0.2) is 14.8 Å². The Labute approximate surface area is 147 Å². The van der Waals surface area contributed by atoms with Crippen molar-refractivity contribution in [3.63, 3.8) is 0 Å². The number of halogens is 2. The van der Waals surface area contributed by atoms with Crippen molar-refractivity contribution < 1.29 is 13.6 Å². The van der Waals surface area contributed by atoms with Crippen molar-refractivity contribution in [2.24, 2.45) is 0 Å². The number of carbonyl (C=O) groups excluding carboxylic acids is 1. The summed E-state index contributed by atoms with van der Waals surface area (Å²) in [5.74, 6) is 0.187. The molecule has 118 valence electrons. The van der Waals surface area contributed by atoms with Gasteiger partial charge in [0, 0.05) is 5.75 Å². The smallest absolute Gasteiger partial charge is 0.293 e. The molecule has 3 aromatic rings.